The molecule has 28 heavy (non-hydrogen) atoms. The van der Waals surface area contributed by atoms with Crippen LogP contribution in [0.25, 0.3) is 5.69 Å². The van der Waals surface area contributed by atoms with Crippen LogP contribution in [0.3, 0.4) is 0 Å². The molecule has 0 amide bonds. The van der Waals surface area contributed by atoms with Gasteiger partial charge in [0.2, 0.25) is 0 Å². The molecule has 0 bridgehead atoms. The normalized spacial score (nSPS) is 22.8. The van der Waals surface area contributed by atoms with Gasteiger partial charge in [-0.15, -0.1) is 10.2 Å². The van der Waals surface area contributed by atoms with Gasteiger partial charge in [-0.2, -0.15) is 0 Å². The maximum absolute atomic E-state index is 9.43. The maximum atomic E-state index is 9.43. The molecule has 0 radical (unpaired) electrons. The van der Waals surface area contributed by atoms with E-state index in [0.717, 1.165) is 60.2 Å². The van der Waals surface area contributed by atoms with Crippen LogP contribution in [-0.2, 0) is 17.8 Å². The van der Waals surface area contributed by atoms with E-state index in [2.05, 4.69) is 39.6 Å². The van der Waals surface area contributed by atoms with Gasteiger partial charge in [-0.25, -0.2) is 0 Å². The molecule has 1 saturated carbocycles. The highest BCUT2D eigenvalue weighted by Gasteiger charge is 2.31. The van der Waals surface area contributed by atoms with E-state index in [-0.39, 0.29) is 12.7 Å². The van der Waals surface area contributed by atoms with Crippen molar-refractivity contribution in [1.29, 1.82) is 0 Å². The van der Waals surface area contributed by atoms with Crippen LogP contribution in [0, 0.1) is 0 Å². The molecular formula is C21H29ClN4O2. The first kappa shape index (κ1) is 19.8. The van der Waals surface area contributed by atoms with Crippen LogP contribution in [-0.4, -0.2) is 50.1 Å². The second-order valence-electron chi connectivity index (χ2n) is 8.18. The predicted molar refractivity (Wildman–Crippen MR) is 109 cm³/mol. The summed E-state index contributed by atoms with van der Waals surface area (Å²) in [5.41, 5.74) is 2.26. The number of aromatic nitrogens is 3. The van der Waals surface area contributed by atoms with Crippen molar-refractivity contribution in [2.24, 2.45) is 0 Å². The fourth-order valence-electron chi connectivity index (χ4n) is 4.50. The fraction of sp³-hybridized carbons (Fsp3) is 0.619. The van der Waals surface area contributed by atoms with E-state index in [1.165, 1.54) is 0 Å². The molecule has 1 aliphatic carbocycles. The minimum Gasteiger partial charge on any atom is -0.395 e. The lowest BCUT2D eigenvalue weighted by molar-refractivity contribution is -0.0151. The Bertz CT molecular complexity index is 815. The van der Waals surface area contributed by atoms with Crippen molar-refractivity contribution < 1.29 is 9.84 Å². The Balaban J connectivity index is 1.64. The van der Waals surface area contributed by atoms with Crippen molar-refractivity contribution in [3.63, 3.8) is 0 Å². The van der Waals surface area contributed by atoms with Gasteiger partial charge in [-0.05, 0) is 63.3 Å². The summed E-state index contributed by atoms with van der Waals surface area (Å²) in [6, 6.07) is 6.03. The van der Waals surface area contributed by atoms with E-state index in [9.17, 15) is 5.11 Å². The summed E-state index contributed by atoms with van der Waals surface area (Å²) in [5, 5.41) is 19.3. The number of fused-ring (bicyclic) bond motifs is 3. The molecule has 2 aliphatic rings. The lowest BCUT2D eigenvalue weighted by Gasteiger charge is -2.29. The third-order valence-electron chi connectivity index (χ3n) is 5.72. The minimum absolute atomic E-state index is 0.122. The molecule has 6 nitrogen and oxygen atoms in total. The second-order valence-corrected chi connectivity index (χ2v) is 8.61. The minimum atomic E-state index is 0.122. The van der Waals surface area contributed by atoms with Crippen molar-refractivity contribution in [1.82, 2.24) is 19.7 Å². The summed E-state index contributed by atoms with van der Waals surface area (Å²) in [4.78, 5) is 2.19. The van der Waals surface area contributed by atoms with Crippen LogP contribution in [0.4, 0.5) is 0 Å². The molecule has 1 aromatic heterocycles. The number of ether oxygens (including phenoxy) is 1. The van der Waals surface area contributed by atoms with Crippen molar-refractivity contribution in [2.75, 3.05) is 13.2 Å². The van der Waals surface area contributed by atoms with Crippen molar-refractivity contribution in [2.45, 2.75) is 70.7 Å². The van der Waals surface area contributed by atoms with Crippen LogP contribution in [0.5, 0.6) is 0 Å². The zero-order valence-electron chi connectivity index (χ0n) is 16.6. The Kier molecular flexibility index (Phi) is 6.01. The first-order valence-corrected chi connectivity index (χ1v) is 10.6. The standard InChI is InChI=1S/C21H29ClN4O2/c1-14(2)28-18-6-3-15(4-7-18)21-24-23-20-13-25(9-10-27)12-16-11-17(22)5-8-19(16)26(20)21/h5,8,11,14-15,18,27H,3-4,6-7,9-10,12-13H2,1-2H3/t15-,18-. The Morgan fingerprint density at radius 1 is 1.18 bits per heavy atom. The van der Waals surface area contributed by atoms with Gasteiger partial charge in [-0.3, -0.25) is 9.47 Å². The summed E-state index contributed by atoms with van der Waals surface area (Å²) in [6.07, 6.45) is 4.90. The van der Waals surface area contributed by atoms with Gasteiger partial charge in [0.15, 0.2) is 5.82 Å². The van der Waals surface area contributed by atoms with E-state index in [1.807, 2.05) is 12.1 Å². The SMILES string of the molecule is CC(C)O[C@H]1CC[C@H](c2nnc3n2-c2ccc(Cl)cc2CN(CCO)C3)CC1. The summed E-state index contributed by atoms with van der Waals surface area (Å²) in [5.74, 6) is 2.37. The van der Waals surface area contributed by atoms with E-state index in [1.54, 1.807) is 0 Å². The van der Waals surface area contributed by atoms with Crippen LogP contribution in [0.15, 0.2) is 18.2 Å². The monoisotopic (exact) mass is 404 g/mol. The Labute approximate surface area is 171 Å². The van der Waals surface area contributed by atoms with Crippen LogP contribution in [0.2, 0.25) is 5.02 Å². The third-order valence-corrected chi connectivity index (χ3v) is 5.95. The third kappa shape index (κ3) is 4.10. The molecule has 7 heteroatoms. The average Bonchev–Trinajstić information content (AvgIpc) is 2.99. The van der Waals surface area contributed by atoms with Crippen molar-refractivity contribution >= 4 is 11.6 Å². The molecule has 0 atom stereocenters. The maximum Gasteiger partial charge on any atom is 0.151 e. The number of aliphatic hydroxyl groups is 1. The molecule has 4 rings (SSSR count). The lowest BCUT2D eigenvalue weighted by Crippen LogP contribution is -2.25. The van der Waals surface area contributed by atoms with Crippen LogP contribution < -0.4 is 0 Å². The fourth-order valence-corrected chi connectivity index (χ4v) is 4.69. The van der Waals surface area contributed by atoms with E-state index in [4.69, 9.17) is 16.3 Å². The molecule has 1 N–H and O–H groups in total. The quantitative estimate of drug-likeness (QED) is 0.823. The largest absolute Gasteiger partial charge is 0.395 e. The van der Waals surface area contributed by atoms with Gasteiger partial charge in [0.1, 0.15) is 5.82 Å². The smallest absolute Gasteiger partial charge is 0.151 e. The molecule has 152 valence electrons. The number of hydrogen-bond donors (Lipinski definition) is 1. The summed E-state index contributed by atoms with van der Waals surface area (Å²) in [6.45, 7) is 6.35. The number of benzene rings is 1. The highest BCUT2D eigenvalue weighted by atomic mass is 35.5. The number of halogens is 1. The number of hydrogen-bond acceptors (Lipinski definition) is 5. The zero-order chi connectivity index (χ0) is 19.7. The zero-order valence-corrected chi connectivity index (χ0v) is 17.4. The first-order valence-electron chi connectivity index (χ1n) is 10.3. The molecule has 0 spiro atoms. The number of rotatable bonds is 5. The molecule has 0 unspecified atom stereocenters. The van der Waals surface area contributed by atoms with Crippen LogP contribution in [0.1, 0.15) is 62.7 Å². The lowest BCUT2D eigenvalue weighted by atomic mass is 9.86. The predicted octanol–water partition coefficient (Wildman–Crippen LogP) is 3.68. The van der Waals surface area contributed by atoms with Gasteiger partial charge < -0.3 is 9.84 Å². The highest BCUT2D eigenvalue weighted by molar-refractivity contribution is 6.30. The van der Waals surface area contributed by atoms with E-state index < -0.39 is 0 Å². The molecule has 2 heterocycles. The van der Waals surface area contributed by atoms with Gasteiger partial charge in [0.05, 0.1) is 31.0 Å². The topological polar surface area (TPSA) is 63.4 Å². The second kappa shape index (κ2) is 8.49. The van der Waals surface area contributed by atoms with E-state index >= 15 is 0 Å². The van der Waals surface area contributed by atoms with Gasteiger partial charge in [0.25, 0.3) is 0 Å². The summed E-state index contributed by atoms with van der Waals surface area (Å²) in [7, 11) is 0. The van der Waals surface area contributed by atoms with Crippen LogP contribution >= 0.6 is 11.6 Å². The Hall–Kier alpha value is -1.47. The molecule has 1 aromatic carbocycles. The number of aliphatic hydroxyl groups excluding tert-OH is 1. The molecule has 2 aromatic rings. The van der Waals surface area contributed by atoms with Crippen molar-refractivity contribution in [3.05, 3.63) is 40.4 Å². The molecular weight excluding hydrogens is 376 g/mol. The van der Waals surface area contributed by atoms with Gasteiger partial charge in [0, 0.05) is 24.0 Å². The summed E-state index contributed by atoms with van der Waals surface area (Å²) < 4.78 is 8.25. The molecule has 1 aliphatic heterocycles. The molecule has 1 fully saturated rings. The van der Waals surface area contributed by atoms with Crippen molar-refractivity contribution in [3.8, 4) is 5.69 Å². The molecule has 0 saturated heterocycles. The summed E-state index contributed by atoms with van der Waals surface area (Å²) >= 11 is 6.28. The average molecular weight is 405 g/mol. The van der Waals surface area contributed by atoms with Gasteiger partial charge >= 0.3 is 0 Å². The Morgan fingerprint density at radius 3 is 2.68 bits per heavy atom. The Morgan fingerprint density at radius 2 is 1.96 bits per heavy atom. The highest BCUT2D eigenvalue weighted by Crippen LogP contribution is 2.37. The number of β-amino-alcohol motifs (C(OH)–C–C–N with tert-alkyl or cyclic N) is 1. The van der Waals surface area contributed by atoms with Gasteiger partial charge in [-0.1, -0.05) is 11.6 Å². The first-order chi connectivity index (χ1) is 13.5. The number of nitrogens with zero attached hydrogens (tertiary/aromatic N) is 4. The van der Waals surface area contributed by atoms with E-state index in [0.29, 0.717) is 25.1 Å².